The third-order valence-electron chi connectivity index (χ3n) is 3.60. The number of esters is 1. The predicted molar refractivity (Wildman–Crippen MR) is 114 cm³/mol. The number of rotatable bonds is 7. The Labute approximate surface area is 174 Å². The fourth-order valence-corrected chi connectivity index (χ4v) is 2.19. The first-order valence-corrected chi connectivity index (χ1v) is 9.16. The van der Waals surface area contributed by atoms with Crippen molar-refractivity contribution < 1.29 is 19.0 Å². The van der Waals surface area contributed by atoms with E-state index in [4.69, 9.17) is 32.0 Å². The van der Waals surface area contributed by atoms with Gasteiger partial charge in [-0.3, -0.25) is 4.79 Å². The molecule has 0 amide bonds. The van der Waals surface area contributed by atoms with E-state index in [1.807, 2.05) is 12.1 Å². The number of thiocarbonyl (C=S) groups is 1. The lowest BCUT2D eigenvalue weighted by molar-refractivity contribution is -0.159. The van der Waals surface area contributed by atoms with Crippen LogP contribution in [0, 0.1) is 5.41 Å². The fourth-order valence-electron chi connectivity index (χ4n) is 2.02. The molecule has 0 heterocycles. The summed E-state index contributed by atoms with van der Waals surface area (Å²) < 4.78 is 16.0. The van der Waals surface area contributed by atoms with Crippen LogP contribution in [0.1, 0.15) is 26.3 Å². The highest BCUT2D eigenvalue weighted by atomic mass is 32.1. The molecule has 0 aliphatic heterocycles. The lowest BCUT2D eigenvalue weighted by Crippen LogP contribution is -2.24. The smallest absolute Gasteiger partial charge is 0.314 e. The second-order valence-electron chi connectivity index (χ2n) is 7.03. The minimum absolute atomic E-state index is 0.140. The van der Waals surface area contributed by atoms with Gasteiger partial charge in [-0.1, -0.05) is 29.4 Å². The third-order valence-corrected chi connectivity index (χ3v) is 3.82. The van der Waals surface area contributed by atoms with Gasteiger partial charge in [0.25, 0.3) is 5.17 Å². The zero-order chi connectivity index (χ0) is 21.3. The maximum Gasteiger partial charge on any atom is 0.314 e. The summed E-state index contributed by atoms with van der Waals surface area (Å²) in [7, 11) is 0. The molecule has 0 unspecified atom stereocenters. The monoisotopic (exact) mass is 414 g/mol. The van der Waals surface area contributed by atoms with E-state index in [2.05, 4.69) is 15.3 Å². The van der Waals surface area contributed by atoms with E-state index in [9.17, 15) is 4.79 Å². The number of nitrogens with zero attached hydrogens (tertiary/aromatic N) is 3. The van der Waals surface area contributed by atoms with Gasteiger partial charge in [-0.2, -0.15) is 0 Å². The molecule has 0 atom stereocenters. The van der Waals surface area contributed by atoms with Crippen molar-refractivity contribution in [2.75, 3.05) is 12.1 Å². The molecule has 8 nitrogen and oxygen atoms in total. The highest BCUT2D eigenvalue weighted by Crippen LogP contribution is 2.18. The second-order valence-corrected chi connectivity index (χ2v) is 7.40. The lowest BCUT2D eigenvalue weighted by atomic mass is 9.98. The Morgan fingerprint density at radius 2 is 1.76 bits per heavy atom. The lowest BCUT2D eigenvalue weighted by Gasteiger charge is -2.16. The molecule has 2 aromatic carbocycles. The van der Waals surface area contributed by atoms with Gasteiger partial charge in [-0.15, -0.1) is 0 Å². The number of carbonyl (C=O) groups excluding carboxylic acids is 1. The molecule has 0 aliphatic carbocycles. The van der Waals surface area contributed by atoms with E-state index >= 15 is 0 Å². The molecule has 0 spiro atoms. The molecule has 0 aromatic heterocycles. The third kappa shape index (κ3) is 7.69. The average molecular weight is 414 g/mol. The Bertz CT molecular complexity index is 886. The minimum Gasteiger partial charge on any atom is -0.466 e. The van der Waals surface area contributed by atoms with E-state index in [-0.39, 0.29) is 24.5 Å². The van der Waals surface area contributed by atoms with E-state index in [1.165, 1.54) is 0 Å². The summed E-state index contributed by atoms with van der Waals surface area (Å²) in [5.74, 6) is 0.257. The zero-order valence-corrected chi connectivity index (χ0v) is 17.2. The Hall–Kier alpha value is -3.29. The average Bonchev–Trinajstić information content (AvgIpc) is 2.68. The van der Waals surface area contributed by atoms with E-state index in [1.54, 1.807) is 57.2 Å². The van der Waals surface area contributed by atoms with Crippen molar-refractivity contribution in [3.05, 3.63) is 64.5 Å². The molecular weight excluding hydrogens is 392 g/mol. The van der Waals surface area contributed by atoms with Gasteiger partial charge in [0, 0.05) is 16.3 Å². The number of ether oxygens (including phenoxy) is 3. The fraction of sp³-hybridized carbons (Fsp3) is 0.300. The van der Waals surface area contributed by atoms with Crippen LogP contribution in [0.4, 0.5) is 11.4 Å². The van der Waals surface area contributed by atoms with Crippen LogP contribution < -0.4 is 10.1 Å². The van der Waals surface area contributed by atoms with Gasteiger partial charge in [0.1, 0.15) is 12.4 Å². The summed E-state index contributed by atoms with van der Waals surface area (Å²) in [4.78, 5) is 14.4. The molecule has 0 saturated carbocycles. The van der Waals surface area contributed by atoms with Crippen molar-refractivity contribution in [2.24, 2.45) is 10.5 Å². The number of azide groups is 1. The van der Waals surface area contributed by atoms with Crippen LogP contribution >= 0.6 is 12.2 Å². The van der Waals surface area contributed by atoms with Crippen LogP contribution in [-0.2, 0) is 20.9 Å². The zero-order valence-electron chi connectivity index (χ0n) is 16.4. The maximum atomic E-state index is 11.7. The van der Waals surface area contributed by atoms with Gasteiger partial charge in [0.05, 0.1) is 5.41 Å². The van der Waals surface area contributed by atoms with Gasteiger partial charge in [0.15, 0.2) is 0 Å². The largest absolute Gasteiger partial charge is 0.466 e. The van der Waals surface area contributed by atoms with Crippen LogP contribution in [0.25, 0.3) is 10.4 Å². The number of hydrogen-bond acceptors (Lipinski definition) is 6. The number of benzene rings is 2. The van der Waals surface area contributed by atoms with Gasteiger partial charge in [-0.05, 0) is 68.3 Å². The highest BCUT2D eigenvalue weighted by Gasteiger charge is 2.22. The van der Waals surface area contributed by atoms with E-state index in [0.29, 0.717) is 11.4 Å². The van der Waals surface area contributed by atoms with E-state index in [0.717, 1.165) is 11.3 Å². The van der Waals surface area contributed by atoms with Gasteiger partial charge in [-0.25, -0.2) is 0 Å². The molecule has 1 N–H and O–H groups in total. The quantitative estimate of drug-likeness (QED) is 0.161. The van der Waals surface area contributed by atoms with Crippen LogP contribution in [0.2, 0.25) is 0 Å². The summed E-state index contributed by atoms with van der Waals surface area (Å²) in [6.45, 7) is 5.48. The predicted octanol–water partition coefficient (Wildman–Crippen LogP) is 5.47. The Kier molecular flexibility index (Phi) is 7.82. The standard InChI is InChI=1S/C20H22N4O4S/c1-20(2,3)18(25)28-13-27-17-10-4-14(5-11-17)12-26-19(29)22-15-6-8-16(9-7-15)23-24-21/h4-11H,12-13H2,1-3H3,(H,22,29). The number of anilines is 1. The first-order valence-electron chi connectivity index (χ1n) is 8.76. The Balaban J connectivity index is 1.75. The molecule has 29 heavy (non-hydrogen) atoms. The van der Waals surface area contributed by atoms with Crippen LogP contribution in [-0.4, -0.2) is 17.9 Å². The summed E-state index contributed by atoms with van der Waals surface area (Å²) in [5.41, 5.74) is 9.96. The topological polar surface area (TPSA) is 106 Å². The van der Waals surface area contributed by atoms with Crippen LogP contribution in [0.15, 0.2) is 53.6 Å². The Morgan fingerprint density at radius 1 is 1.10 bits per heavy atom. The molecule has 152 valence electrons. The van der Waals surface area contributed by atoms with Crippen molar-refractivity contribution in [3.63, 3.8) is 0 Å². The van der Waals surface area contributed by atoms with E-state index < -0.39 is 5.41 Å². The van der Waals surface area contributed by atoms with Crippen LogP contribution in [0.5, 0.6) is 5.75 Å². The van der Waals surface area contributed by atoms with Crippen LogP contribution in [0.3, 0.4) is 0 Å². The van der Waals surface area contributed by atoms with Gasteiger partial charge >= 0.3 is 5.97 Å². The molecule has 0 fully saturated rings. The Morgan fingerprint density at radius 3 is 2.34 bits per heavy atom. The molecule has 0 aliphatic rings. The van der Waals surface area contributed by atoms with Crippen molar-refractivity contribution in [2.45, 2.75) is 27.4 Å². The molecule has 0 bridgehead atoms. The SMILES string of the molecule is CC(C)(C)C(=O)OCOc1ccc(COC(=S)Nc2ccc(N=[N+]=[N-])cc2)cc1. The normalized spacial score (nSPS) is 10.4. The molecule has 0 saturated heterocycles. The van der Waals surface area contributed by atoms with Crippen molar-refractivity contribution >= 4 is 34.7 Å². The van der Waals surface area contributed by atoms with Crippen molar-refractivity contribution in [1.82, 2.24) is 0 Å². The molecular formula is C20H22N4O4S. The molecule has 2 rings (SSSR count). The maximum absolute atomic E-state index is 11.7. The van der Waals surface area contributed by atoms with Gasteiger partial charge < -0.3 is 19.5 Å². The summed E-state index contributed by atoms with van der Waals surface area (Å²) >= 11 is 5.17. The molecule has 2 aromatic rings. The number of nitrogens with one attached hydrogen (secondary N) is 1. The van der Waals surface area contributed by atoms with Crippen molar-refractivity contribution in [1.29, 1.82) is 0 Å². The number of hydrogen-bond donors (Lipinski definition) is 1. The van der Waals surface area contributed by atoms with Crippen molar-refractivity contribution in [3.8, 4) is 5.75 Å². The summed E-state index contributed by atoms with van der Waals surface area (Å²) in [6.07, 6.45) is 0. The summed E-state index contributed by atoms with van der Waals surface area (Å²) in [6, 6.07) is 14.0. The number of carbonyl (C=O) groups is 1. The molecule has 0 radical (unpaired) electrons. The minimum atomic E-state index is -0.566. The molecule has 9 heteroatoms. The van der Waals surface area contributed by atoms with Gasteiger partial charge in [0.2, 0.25) is 6.79 Å². The first-order chi connectivity index (χ1) is 13.8. The highest BCUT2D eigenvalue weighted by molar-refractivity contribution is 7.80. The first kappa shape index (κ1) is 22.0. The summed E-state index contributed by atoms with van der Waals surface area (Å²) in [5, 5.41) is 6.66. The second kappa shape index (κ2) is 10.3.